The van der Waals surface area contributed by atoms with Crippen molar-refractivity contribution in [2.45, 2.75) is 11.8 Å². The van der Waals surface area contributed by atoms with Gasteiger partial charge in [0.2, 0.25) is 0 Å². The van der Waals surface area contributed by atoms with E-state index in [1.54, 1.807) is 28.7 Å². The Labute approximate surface area is 99.3 Å². The van der Waals surface area contributed by atoms with Gasteiger partial charge in [-0.1, -0.05) is 19.1 Å². The zero-order valence-electron chi connectivity index (χ0n) is 9.09. The van der Waals surface area contributed by atoms with Gasteiger partial charge in [0.25, 0.3) is 5.91 Å². The molecule has 0 saturated carbocycles. The quantitative estimate of drug-likeness (QED) is 0.756. The summed E-state index contributed by atoms with van der Waals surface area (Å²) in [4.78, 5) is 13.2. The van der Waals surface area contributed by atoms with Crippen molar-refractivity contribution in [1.82, 2.24) is 4.57 Å². The molecule has 0 radical (unpaired) electrons. The van der Waals surface area contributed by atoms with Crippen molar-refractivity contribution < 1.29 is 4.79 Å². The van der Waals surface area contributed by atoms with Crippen LogP contribution in [0.15, 0.2) is 53.7 Å². The number of carbonyl (C=O) groups excluding carboxylic acids is 1. The van der Waals surface area contributed by atoms with E-state index in [9.17, 15) is 4.79 Å². The van der Waals surface area contributed by atoms with E-state index in [4.69, 9.17) is 0 Å². The number of carbonyl (C=O) groups is 1. The van der Waals surface area contributed by atoms with Gasteiger partial charge in [0.05, 0.1) is 5.56 Å². The second kappa shape index (κ2) is 5.03. The van der Waals surface area contributed by atoms with E-state index >= 15 is 0 Å². The molecule has 1 heterocycles. The Hall–Kier alpha value is -1.48. The number of nitrogens with zero attached hydrogens (tertiary/aromatic N) is 1. The van der Waals surface area contributed by atoms with E-state index in [1.165, 1.54) is 0 Å². The molecule has 2 aromatic rings. The Balaban J connectivity index is 2.36. The highest BCUT2D eigenvalue weighted by atomic mass is 32.2. The Morgan fingerprint density at radius 3 is 2.56 bits per heavy atom. The van der Waals surface area contributed by atoms with Crippen LogP contribution in [0.3, 0.4) is 0 Å². The van der Waals surface area contributed by atoms with Crippen molar-refractivity contribution >= 4 is 17.7 Å². The first-order chi connectivity index (χ1) is 7.83. The summed E-state index contributed by atoms with van der Waals surface area (Å²) in [6.45, 7) is 2.08. The second-order valence-electron chi connectivity index (χ2n) is 3.32. The third-order valence-corrected chi connectivity index (χ3v) is 3.21. The van der Waals surface area contributed by atoms with Crippen molar-refractivity contribution in [3.63, 3.8) is 0 Å². The molecule has 0 fully saturated rings. The van der Waals surface area contributed by atoms with E-state index in [0.717, 1.165) is 16.2 Å². The van der Waals surface area contributed by atoms with Gasteiger partial charge in [-0.25, -0.2) is 0 Å². The topological polar surface area (TPSA) is 22.0 Å². The second-order valence-corrected chi connectivity index (χ2v) is 4.63. The number of thioether (sulfide) groups is 1. The number of rotatable bonds is 3. The summed E-state index contributed by atoms with van der Waals surface area (Å²) in [6.07, 6.45) is 3.55. The van der Waals surface area contributed by atoms with Crippen LogP contribution < -0.4 is 0 Å². The highest BCUT2D eigenvalue weighted by Gasteiger charge is 2.11. The van der Waals surface area contributed by atoms with Crippen LogP contribution >= 0.6 is 11.8 Å². The highest BCUT2D eigenvalue weighted by molar-refractivity contribution is 7.99. The molecule has 3 heteroatoms. The van der Waals surface area contributed by atoms with E-state index in [2.05, 4.69) is 6.92 Å². The molecule has 0 bridgehead atoms. The van der Waals surface area contributed by atoms with Gasteiger partial charge >= 0.3 is 0 Å². The maximum atomic E-state index is 12.2. The van der Waals surface area contributed by atoms with Gasteiger partial charge in [-0.3, -0.25) is 9.36 Å². The lowest BCUT2D eigenvalue weighted by molar-refractivity contribution is 0.0957. The van der Waals surface area contributed by atoms with Crippen molar-refractivity contribution in [2.75, 3.05) is 5.75 Å². The molecule has 16 heavy (non-hydrogen) atoms. The lowest BCUT2D eigenvalue weighted by Crippen LogP contribution is -2.10. The number of benzene rings is 1. The lowest BCUT2D eigenvalue weighted by Gasteiger charge is -2.07. The number of hydrogen-bond acceptors (Lipinski definition) is 2. The van der Waals surface area contributed by atoms with Crippen LogP contribution in [0.1, 0.15) is 17.3 Å². The summed E-state index contributed by atoms with van der Waals surface area (Å²) in [5.74, 6) is 0.997. The first-order valence-electron chi connectivity index (χ1n) is 5.22. The normalized spacial score (nSPS) is 10.3. The summed E-state index contributed by atoms with van der Waals surface area (Å²) in [6, 6.07) is 11.4. The highest BCUT2D eigenvalue weighted by Crippen LogP contribution is 2.22. The van der Waals surface area contributed by atoms with Crippen LogP contribution in [0.2, 0.25) is 0 Å². The summed E-state index contributed by atoms with van der Waals surface area (Å²) in [5, 5.41) is 0. The van der Waals surface area contributed by atoms with Crippen LogP contribution in [0.4, 0.5) is 0 Å². The molecule has 82 valence electrons. The Morgan fingerprint density at radius 2 is 1.88 bits per heavy atom. The van der Waals surface area contributed by atoms with Gasteiger partial charge < -0.3 is 0 Å². The van der Waals surface area contributed by atoms with Gasteiger partial charge in [0, 0.05) is 17.3 Å². The average Bonchev–Trinajstić information content (AvgIpc) is 2.83. The monoisotopic (exact) mass is 231 g/mol. The van der Waals surface area contributed by atoms with Crippen LogP contribution in [-0.2, 0) is 0 Å². The van der Waals surface area contributed by atoms with E-state index in [0.29, 0.717) is 0 Å². The summed E-state index contributed by atoms with van der Waals surface area (Å²) in [5.41, 5.74) is 0.769. The van der Waals surface area contributed by atoms with Gasteiger partial charge in [-0.2, -0.15) is 0 Å². The molecule has 0 aliphatic heterocycles. The van der Waals surface area contributed by atoms with Crippen LogP contribution in [0.5, 0.6) is 0 Å². The molecule has 0 spiro atoms. The third kappa shape index (κ3) is 2.19. The zero-order chi connectivity index (χ0) is 11.4. The molecule has 2 nitrogen and oxygen atoms in total. The predicted molar refractivity (Wildman–Crippen MR) is 67.0 cm³/mol. The van der Waals surface area contributed by atoms with Crippen LogP contribution in [0, 0.1) is 0 Å². The Kier molecular flexibility index (Phi) is 3.47. The SMILES string of the molecule is CCSc1ccccc1C(=O)n1cccc1. The summed E-state index contributed by atoms with van der Waals surface area (Å²) in [7, 11) is 0. The maximum Gasteiger partial charge on any atom is 0.262 e. The standard InChI is InChI=1S/C13H13NOS/c1-2-16-12-8-4-3-7-11(12)13(15)14-9-5-6-10-14/h3-10H,2H2,1H3. The van der Waals surface area contributed by atoms with E-state index < -0.39 is 0 Å². The minimum absolute atomic E-state index is 0.0292. The predicted octanol–water partition coefficient (Wildman–Crippen LogP) is 3.29. The van der Waals surface area contributed by atoms with E-state index in [-0.39, 0.29) is 5.91 Å². The van der Waals surface area contributed by atoms with Gasteiger partial charge in [0.1, 0.15) is 0 Å². The van der Waals surface area contributed by atoms with Gasteiger partial charge in [-0.15, -0.1) is 11.8 Å². The summed E-state index contributed by atoms with van der Waals surface area (Å²) < 4.78 is 1.61. The van der Waals surface area contributed by atoms with Crippen LogP contribution in [0.25, 0.3) is 0 Å². The first-order valence-corrected chi connectivity index (χ1v) is 6.21. The van der Waals surface area contributed by atoms with E-state index in [1.807, 2.05) is 36.4 Å². The molecule has 2 rings (SSSR count). The van der Waals surface area contributed by atoms with Gasteiger partial charge in [0.15, 0.2) is 0 Å². The lowest BCUT2D eigenvalue weighted by atomic mass is 10.2. The molecule has 0 N–H and O–H groups in total. The molecule has 0 saturated heterocycles. The van der Waals surface area contributed by atoms with Crippen molar-refractivity contribution in [3.05, 3.63) is 54.4 Å². The first kappa shape index (κ1) is 11.0. The zero-order valence-corrected chi connectivity index (χ0v) is 9.91. The minimum atomic E-state index is 0.0292. The van der Waals surface area contributed by atoms with Crippen molar-refractivity contribution in [1.29, 1.82) is 0 Å². The third-order valence-electron chi connectivity index (χ3n) is 2.26. The summed E-state index contributed by atoms with van der Waals surface area (Å²) >= 11 is 1.69. The fraction of sp³-hybridized carbons (Fsp3) is 0.154. The van der Waals surface area contributed by atoms with Crippen molar-refractivity contribution in [2.24, 2.45) is 0 Å². The molecule has 0 aliphatic carbocycles. The molecule has 0 aliphatic rings. The Bertz CT molecular complexity index is 476. The number of aromatic nitrogens is 1. The fourth-order valence-corrected chi connectivity index (χ4v) is 2.33. The molecular formula is C13H13NOS. The molecule has 0 amide bonds. The number of hydrogen-bond donors (Lipinski definition) is 0. The molecular weight excluding hydrogens is 218 g/mol. The fourth-order valence-electron chi connectivity index (χ4n) is 1.53. The molecule has 0 atom stereocenters. The van der Waals surface area contributed by atoms with Crippen LogP contribution in [-0.4, -0.2) is 16.2 Å². The Morgan fingerprint density at radius 1 is 1.19 bits per heavy atom. The largest absolute Gasteiger partial charge is 0.291 e. The minimum Gasteiger partial charge on any atom is -0.291 e. The molecule has 1 aromatic heterocycles. The molecule has 1 aromatic carbocycles. The average molecular weight is 231 g/mol. The van der Waals surface area contributed by atoms with Gasteiger partial charge in [-0.05, 0) is 30.0 Å². The smallest absolute Gasteiger partial charge is 0.262 e. The van der Waals surface area contributed by atoms with Crippen molar-refractivity contribution in [3.8, 4) is 0 Å². The maximum absolute atomic E-state index is 12.2. The molecule has 0 unspecified atom stereocenters.